The fourth-order valence-corrected chi connectivity index (χ4v) is 8.30. The van der Waals surface area contributed by atoms with Crippen LogP contribution in [0.4, 0.5) is 17.1 Å². The van der Waals surface area contributed by atoms with E-state index in [1.165, 1.54) is 79.5 Å². The molecule has 6 aromatic rings. The van der Waals surface area contributed by atoms with Gasteiger partial charge in [0.15, 0.2) is 0 Å². The summed E-state index contributed by atoms with van der Waals surface area (Å²) in [4.78, 5) is 2.51. The first-order valence-electron chi connectivity index (χ1n) is 16.8. The van der Waals surface area contributed by atoms with E-state index < -0.39 is 0 Å². The highest BCUT2D eigenvalue weighted by atomic mass is 15.1. The van der Waals surface area contributed by atoms with Crippen molar-refractivity contribution in [1.29, 1.82) is 0 Å². The van der Waals surface area contributed by atoms with Crippen molar-refractivity contribution in [1.82, 2.24) is 0 Å². The second kappa shape index (κ2) is 10.2. The Labute approximate surface area is 274 Å². The van der Waals surface area contributed by atoms with Gasteiger partial charge >= 0.3 is 0 Å². The second-order valence-electron chi connectivity index (χ2n) is 15.3. The minimum absolute atomic E-state index is 0.109. The van der Waals surface area contributed by atoms with Crippen LogP contribution >= 0.6 is 0 Å². The standard InChI is InChI=1S/C45H43N/c1-43(2)25-26-44(3,4)40-27-31(23-24-38(40)43)35-28-36-34-20-12-13-21-37(34)45(5,6)39(36)29-42(35)46(32-17-8-7-9-18-32)41-22-14-16-30-15-10-11-19-33(30)41/h7-24,27-29H,25-26H2,1-6H3. The zero-order chi connectivity index (χ0) is 31.8. The molecule has 0 N–H and O–H groups in total. The molecule has 0 saturated carbocycles. The fourth-order valence-electron chi connectivity index (χ4n) is 8.30. The SMILES string of the molecule is CC1(C)CCC(C)(C)c2cc(-c3cc4c(cc3N(c3ccccc3)c3cccc5ccccc35)C(C)(C)c3ccccc3-4)ccc21. The summed E-state index contributed by atoms with van der Waals surface area (Å²) in [6.07, 6.45) is 2.41. The van der Waals surface area contributed by atoms with Gasteiger partial charge in [0.05, 0.1) is 11.4 Å². The Balaban J connectivity index is 1.47. The Kier molecular flexibility index (Phi) is 6.39. The average Bonchev–Trinajstić information content (AvgIpc) is 3.29. The summed E-state index contributed by atoms with van der Waals surface area (Å²) in [6.45, 7) is 14.5. The van der Waals surface area contributed by atoms with Crippen LogP contribution in [0.5, 0.6) is 0 Å². The normalized spacial score (nSPS) is 16.8. The van der Waals surface area contributed by atoms with Gasteiger partial charge in [-0.2, -0.15) is 0 Å². The van der Waals surface area contributed by atoms with Crippen molar-refractivity contribution in [3.8, 4) is 22.3 Å². The summed E-state index contributed by atoms with van der Waals surface area (Å²) >= 11 is 0. The zero-order valence-electron chi connectivity index (χ0n) is 28.0. The Bertz CT molecular complexity index is 2120. The van der Waals surface area contributed by atoms with E-state index in [1.54, 1.807) is 0 Å². The van der Waals surface area contributed by atoms with Crippen LogP contribution in [0.15, 0.2) is 127 Å². The summed E-state index contributed by atoms with van der Waals surface area (Å²) in [6, 6.07) is 47.8. The molecule has 2 aliphatic carbocycles. The van der Waals surface area contributed by atoms with Gasteiger partial charge in [-0.1, -0.05) is 139 Å². The van der Waals surface area contributed by atoms with Crippen molar-refractivity contribution in [2.24, 2.45) is 0 Å². The second-order valence-corrected chi connectivity index (χ2v) is 15.3. The van der Waals surface area contributed by atoms with E-state index in [0.29, 0.717) is 0 Å². The van der Waals surface area contributed by atoms with Crippen LogP contribution in [0, 0.1) is 0 Å². The summed E-state index contributed by atoms with van der Waals surface area (Å²) in [5, 5.41) is 2.49. The van der Waals surface area contributed by atoms with Crippen molar-refractivity contribution in [3.05, 3.63) is 150 Å². The zero-order valence-corrected chi connectivity index (χ0v) is 28.0. The summed E-state index contributed by atoms with van der Waals surface area (Å²) in [7, 11) is 0. The van der Waals surface area contributed by atoms with Gasteiger partial charge in [0, 0.05) is 22.1 Å². The van der Waals surface area contributed by atoms with Crippen LogP contribution in [-0.4, -0.2) is 0 Å². The van der Waals surface area contributed by atoms with Crippen molar-refractivity contribution < 1.29 is 0 Å². The van der Waals surface area contributed by atoms with Gasteiger partial charge in [-0.3, -0.25) is 0 Å². The number of benzene rings is 6. The molecule has 6 aromatic carbocycles. The molecule has 0 aliphatic heterocycles. The van der Waals surface area contributed by atoms with Crippen molar-refractivity contribution in [2.75, 3.05) is 4.90 Å². The van der Waals surface area contributed by atoms with Gasteiger partial charge in [-0.25, -0.2) is 0 Å². The lowest BCUT2D eigenvalue weighted by Gasteiger charge is -2.42. The third kappa shape index (κ3) is 4.36. The van der Waals surface area contributed by atoms with E-state index in [0.717, 1.165) is 5.69 Å². The first-order valence-corrected chi connectivity index (χ1v) is 16.8. The molecule has 0 unspecified atom stereocenters. The summed E-state index contributed by atoms with van der Waals surface area (Å²) in [5.41, 5.74) is 14.8. The molecule has 1 heteroatoms. The maximum Gasteiger partial charge on any atom is 0.0543 e. The highest BCUT2D eigenvalue weighted by Crippen LogP contribution is 2.55. The number of hydrogen-bond acceptors (Lipinski definition) is 1. The van der Waals surface area contributed by atoms with E-state index in [1.807, 2.05) is 0 Å². The van der Waals surface area contributed by atoms with Crippen LogP contribution < -0.4 is 4.90 Å². The van der Waals surface area contributed by atoms with E-state index in [2.05, 4.69) is 174 Å². The minimum atomic E-state index is -0.109. The number of nitrogens with zero attached hydrogens (tertiary/aromatic N) is 1. The molecule has 0 saturated heterocycles. The number of fused-ring (bicyclic) bond motifs is 5. The number of para-hydroxylation sites is 1. The van der Waals surface area contributed by atoms with Crippen LogP contribution in [0.2, 0.25) is 0 Å². The lowest BCUT2D eigenvalue weighted by molar-refractivity contribution is 0.332. The highest BCUT2D eigenvalue weighted by Gasteiger charge is 2.39. The Morgan fingerprint density at radius 3 is 1.93 bits per heavy atom. The maximum absolute atomic E-state index is 2.53. The van der Waals surface area contributed by atoms with E-state index >= 15 is 0 Å². The average molecular weight is 598 g/mol. The van der Waals surface area contributed by atoms with Crippen LogP contribution in [0.3, 0.4) is 0 Å². The van der Waals surface area contributed by atoms with Crippen LogP contribution in [0.25, 0.3) is 33.0 Å². The molecule has 0 aromatic heterocycles. The molecule has 2 aliphatic rings. The molecular weight excluding hydrogens is 555 g/mol. The van der Waals surface area contributed by atoms with Gasteiger partial charge in [-0.05, 0) is 98.3 Å². The molecule has 0 fully saturated rings. The van der Waals surface area contributed by atoms with Crippen molar-refractivity contribution in [3.63, 3.8) is 0 Å². The molecule has 8 rings (SSSR count). The van der Waals surface area contributed by atoms with Gasteiger partial charge in [0.1, 0.15) is 0 Å². The third-order valence-electron chi connectivity index (χ3n) is 11.1. The Morgan fingerprint density at radius 2 is 1.13 bits per heavy atom. The molecule has 0 bridgehead atoms. The van der Waals surface area contributed by atoms with E-state index in [9.17, 15) is 0 Å². The predicted molar refractivity (Wildman–Crippen MR) is 197 cm³/mol. The first kappa shape index (κ1) is 28.8. The highest BCUT2D eigenvalue weighted by molar-refractivity contribution is 6.02. The Hall–Kier alpha value is -4.62. The molecule has 0 amide bonds. The van der Waals surface area contributed by atoms with Crippen LogP contribution in [0.1, 0.15) is 76.6 Å². The summed E-state index contributed by atoms with van der Waals surface area (Å²) in [5.74, 6) is 0. The van der Waals surface area contributed by atoms with Gasteiger partial charge in [0.2, 0.25) is 0 Å². The van der Waals surface area contributed by atoms with E-state index in [4.69, 9.17) is 0 Å². The molecule has 0 radical (unpaired) electrons. The van der Waals surface area contributed by atoms with Crippen molar-refractivity contribution >= 4 is 27.8 Å². The minimum Gasteiger partial charge on any atom is -0.309 e. The predicted octanol–water partition coefficient (Wildman–Crippen LogP) is 12.6. The topological polar surface area (TPSA) is 3.24 Å². The first-order chi connectivity index (χ1) is 22.1. The molecule has 0 atom stereocenters. The number of rotatable bonds is 4. The number of hydrogen-bond donors (Lipinski definition) is 0. The molecule has 0 spiro atoms. The lowest BCUT2D eigenvalue weighted by Crippen LogP contribution is -2.33. The van der Waals surface area contributed by atoms with E-state index in [-0.39, 0.29) is 16.2 Å². The van der Waals surface area contributed by atoms with Crippen LogP contribution in [-0.2, 0) is 16.2 Å². The monoisotopic (exact) mass is 597 g/mol. The van der Waals surface area contributed by atoms with Crippen molar-refractivity contribution in [2.45, 2.75) is 70.6 Å². The molecular formula is C45H43N. The maximum atomic E-state index is 2.53. The van der Waals surface area contributed by atoms with Gasteiger partial charge in [-0.15, -0.1) is 0 Å². The molecule has 0 heterocycles. The molecule has 1 nitrogen and oxygen atoms in total. The molecule has 228 valence electrons. The summed E-state index contributed by atoms with van der Waals surface area (Å²) < 4.78 is 0. The third-order valence-corrected chi connectivity index (χ3v) is 11.1. The van der Waals surface area contributed by atoms with Gasteiger partial charge in [0.25, 0.3) is 0 Å². The number of anilines is 3. The van der Waals surface area contributed by atoms with Gasteiger partial charge < -0.3 is 4.90 Å². The Morgan fingerprint density at radius 1 is 0.457 bits per heavy atom. The quantitative estimate of drug-likeness (QED) is 0.195. The molecule has 46 heavy (non-hydrogen) atoms. The smallest absolute Gasteiger partial charge is 0.0543 e. The largest absolute Gasteiger partial charge is 0.309 e. The fraction of sp³-hybridized carbons (Fsp3) is 0.244. The lowest BCUT2D eigenvalue weighted by atomic mass is 9.63.